The highest BCUT2D eigenvalue weighted by Gasteiger charge is 2.19. The van der Waals surface area contributed by atoms with Crippen LogP contribution in [-0.2, 0) is 0 Å². The van der Waals surface area contributed by atoms with Gasteiger partial charge < -0.3 is 19.7 Å². The van der Waals surface area contributed by atoms with Gasteiger partial charge in [-0.3, -0.25) is 4.79 Å². The first-order valence-corrected chi connectivity index (χ1v) is 8.52. The Morgan fingerprint density at radius 1 is 1.12 bits per heavy atom. The lowest BCUT2D eigenvalue weighted by atomic mass is 10.2. The lowest BCUT2D eigenvalue weighted by Crippen LogP contribution is -2.27. The van der Waals surface area contributed by atoms with E-state index >= 15 is 0 Å². The second kappa shape index (κ2) is 8.37. The predicted octanol–water partition coefficient (Wildman–Crippen LogP) is 2.82. The Kier molecular flexibility index (Phi) is 5.72. The van der Waals surface area contributed by atoms with Crippen LogP contribution in [0, 0.1) is 0 Å². The molecule has 1 N–H and O–H groups in total. The van der Waals surface area contributed by atoms with Crippen LogP contribution >= 0.6 is 0 Å². The number of ether oxygens (including phenoxy) is 2. The van der Waals surface area contributed by atoms with Crippen molar-refractivity contribution in [1.82, 2.24) is 9.88 Å². The number of hydrogen-bond donors (Lipinski definition) is 1. The zero-order valence-electron chi connectivity index (χ0n) is 14.4. The van der Waals surface area contributed by atoms with Crippen molar-refractivity contribution in [3.63, 3.8) is 0 Å². The summed E-state index contributed by atoms with van der Waals surface area (Å²) < 4.78 is 10.8. The zero-order chi connectivity index (χ0) is 17.5. The second-order valence-electron chi connectivity index (χ2n) is 5.88. The number of anilines is 1. The van der Waals surface area contributed by atoms with E-state index in [0.29, 0.717) is 18.7 Å². The van der Waals surface area contributed by atoms with E-state index in [9.17, 15) is 4.79 Å². The predicted molar refractivity (Wildman–Crippen MR) is 96.4 cm³/mol. The molecule has 1 aliphatic rings. The number of nitrogens with one attached hydrogen (secondary N) is 1. The van der Waals surface area contributed by atoms with Gasteiger partial charge in [-0.1, -0.05) is 0 Å². The lowest BCUT2D eigenvalue weighted by molar-refractivity contribution is 0.0792. The van der Waals surface area contributed by atoms with Crippen LogP contribution in [-0.4, -0.2) is 49.1 Å². The molecule has 6 nitrogen and oxygen atoms in total. The fourth-order valence-electron chi connectivity index (χ4n) is 2.75. The van der Waals surface area contributed by atoms with Crippen LogP contribution < -0.4 is 14.8 Å². The molecule has 2 heterocycles. The van der Waals surface area contributed by atoms with Gasteiger partial charge >= 0.3 is 0 Å². The number of aromatic nitrogens is 1. The molecule has 0 saturated carbocycles. The van der Waals surface area contributed by atoms with Crippen LogP contribution in [0.25, 0.3) is 0 Å². The van der Waals surface area contributed by atoms with Crippen LogP contribution in [0.3, 0.4) is 0 Å². The molecule has 1 aliphatic heterocycles. The lowest BCUT2D eigenvalue weighted by Gasteiger charge is -2.15. The molecule has 1 aromatic carbocycles. The Morgan fingerprint density at radius 3 is 2.48 bits per heavy atom. The van der Waals surface area contributed by atoms with Gasteiger partial charge in [0.15, 0.2) is 0 Å². The minimum absolute atomic E-state index is 0.0689. The summed E-state index contributed by atoms with van der Waals surface area (Å²) in [6.07, 6.45) is 3.81. The third-order valence-corrected chi connectivity index (χ3v) is 4.14. The molecule has 1 aromatic heterocycles. The van der Waals surface area contributed by atoms with E-state index in [2.05, 4.69) is 10.3 Å². The second-order valence-corrected chi connectivity index (χ2v) is 5.88. The maximum Gasteiger partial charge on any atom is 0.255 e. The molecule has 1 saturated heterocycles. The van der Waals surface area contributed by atoms with Crippen molar-refractivity contribution in [1.29, 1.82) is 0 Å². The van der Waals surface area contributed by atoms with Gasteiger partial charge in [0, 0.05) is 19.3 Å². The molecule has 0 atom stereocenters. The number of amides is 1. The Labute approximate surface area is 147 Å². The van der Waals surface area contributed by atoms with Gasteiger partial charge in [0.1, 0.15) is 23.9 Å². The molecule has 2 aromatic rings. The first kappa shape index (κ1) is 17.1. The van der Waals surface area contributed by atoms with E-state index < -0.39 is 0 Å². The third-order valence-electron chi connectivity index (χ3n) is 4.14. The monoisotopic (exact) mass is 341 g/mol. The van der Waals surface area contributed by atoms with Crippen LogP contribution in [0.15, 0.2) is 42.6 Å². The van der Waals surface area contributed by atoms with Gasteiger partial charge in [0.2, 0.25) is 0 Å². The Balaban J connectivity index is 1.43. The van der Waals surface area contributed by atoms with E-state index in [1.165, 1.54) is 0 Å². The van der Waals surface area contributed by atoms with E-state index in [-0.39, 0.29) is 5.91 Å². The maximum atomic E-state index is 12.3. The summed E-state index contributed by atoms with van der Waals surface area (Å²) in [5.41, 5.74) is 0.641. The number of hydrogen-bond acceptors (Lipinski definition) is 5. The number of benzene rings is 1. The van der Waals surface area contributed by atoms with Gasteiger partial charge in [-0.25, -0.2) is 4.98 Å². The number of likely N-dealkylation sites (tertiary alicyclic amines) is 1. The Bertz CT molecular complexity index is 680. The standard InChI is InChI=1S/C19H23N3O3/c1-24-16-5-7-17(8-6-16)25-13-10-20-18-9-4-15(14-21-18)19(23)22-11-2-3-12-22/h4-9,14H,2-3,10-13H2,1H3,(H,20,21). The summed E-state index contributed by atoms with van der Waals surface area (Å²) in [6, 6.07) is 11.1. The largest absolute Gasteiger partial charge is 0.497 e. The molecule has 0 radical (unpaired) electrons. The molecule has 0 unspecified atom stereocenters. The highest BCUT2D eigenvalue weighted by atomic mass is 16.5. The number of carbonyl (C=O) groups is 1. The first-order valence-electron chi connectivity index (χ1n) is 8.52. The van der Waals surface area contributed by atoms with Gasteiger partial charge in [0.05, 0.1) is 19.2 Å². The summed E-state index contributed by atoms with van der Waals surface area (Å²) >= 11 is 0. The zero-order valence-corrected chi connectivity index (χ0v) is 14.4. The quantitative estimate of drug-likeness (QED) is 0.785. The minimum atomic E-state index is 0.0689. The van der Waals surface area contributed by atoms with Gasteiger partial charge in [-0.2, -0.15) is 0 Å². The fraction of sp³-hybridized carbons (Fsp3) is 0.368. The highest BCUT2D eigenvalue weighted by molar-refractivity contribution is 5.94. The highest BCUT2D eigenvalue weighted by Crippen LogP contribution is 2.17. The molecule has 1 amide bonds. The summed E-state index contributed by atoms with van der Waals surface area (Å²) in [5.74, 6) is 2.40. The molecule has 1 fully saturated rings. The third kappa shape index (κ3) is 4.62. The smallest absolute Gasteiger partial charge is 0.255 e. The molecule has 3 rings (SSSR count). The fourth-order valence-corrected chi connectivity index (χ4v) is 2.75. The van der Waals surface area contributed by atoms with E-state index in [1.54, 1.807) is 13.3 Å². The molecular weight excluding hydrogens is 318 g/mol. The molecular formula is C19H23N3O3. The molecule has 0 aliphatic carbocycles. The van der Waals surface area contributed by atoms with Crippen molar-refractivity contribution in [2.75, 3.05) is 38.7 Å². The van der Waals surface area contributed by atoms with Crippen molar-refractivity contribution >= 4 is 11.7 Å². The first-order chi connectivity index (χ1) is 12.3. The van der Waals surface area contributed by atoms with Crippen LogP contribution in [0.4, 0.5) is 5.82 Å². The average molecular weight is 341 g/mol. The Hall–Kier alpha value is -2.76. The molecule has 0 bridgehead atoms. The van der Waals surface area contributed by atoms with E-state index in [4.69, 9.17) is 9.47 Å². The van der Waals surface area contributed by atoms with Crippen molar-refractivity contribution in [3.05, 3.63) is 48.2 Å². The summed E-state index contributed by atoms with van der Waals surface area (Å²) in [4.78, 5) is 18.4. The Morgan fingerprint density at radius 2 is 1.84 bits per heavy atom. The molecule has 25 heavy (non-hydrogen) atoms. The van der Waals surface area contributed by atoms with Crippen LogP contribution in [0.2, 0.25) is 0 Å². The summed E-state index contributed by atoms with van der Waals surface area (Å²) in [7, 11) is 1.64. The van der Waals surface area contributed by atoms with Crippen LogP contribution in [0.5, 0.6) is 11.5 Å². The average Bonchev–Trinajstić information content (AvgIpc) is 3.20. The molecule has 0 spiro atoms. The number of pyridine rings is 1. The number of nitrogens with zero attached hydrogens (tertiary/aromatic N) is 2. The van der Waals surface area contributed by atoms with Gasteiger partial charge in [0.25, 0.3) is 5.91 Å². The van der Waals surface area contributed by atoms with Crippen molar-refractivity contribution in [2.45, 2.75) is 12.8 Å². The van der Waals surface area contributed by atoms with Crippen molar-refractivity contribution < 1.29 is 14.3 Å². The molecule has 132 valence electrons. The van der Waals surface area contributed by atoms with Gasteiger partial charge in [-0.05, 0) is 49.2 Å². The number of methoxy groups -OCH3 is 1. The van der Waals surface area contributed by atoms with E-state index in [0.717, 1.165) is 43.2 Å². The van der Waals surface area contributed by atoms with Gasteiger partial charge in [-0.15, -0.1) is 0 Å². The number of carbonyl (C=O) groups excluding carboxylic acids is 1. The summed E-state index contributed by atoms with van der Waals surface area (Å²) in [5, 5.41) is 3.19. The molecule has 6 heteroatoms. The summed E-state index contributed by atoms with van der Waals surface area (Å²) in [6.45, 7) is 2.84. The SMILES string of the molecule is COc1ccc(OCCNc2ccc(C(=O)N3CCCC3)cn2)cc1. The topological polar surface area (TPSA) is 63.7 Å². The number of rotatable bonds is 7. The van der Waals surface area contributed by atoms with E-state index in [1.807, 2.05) is 41.3 Å². The minimum Gasteiger partial charge on any atom is -0.497 e. The van der Waals surface area contributed by atoms with Crippen LogP contribution in [0.1, 0.15) is 23.2 Å². The normalized spacial score (nSPS) is 13.6. The van der Waals surface area contributed by atoms with Crippen molar-refractivity contribution in [2.24, 2.45) is 0 Å². The van der Waals surface area contributed by atoms with Crippen molar-refractivity contribution in [3.8, 4) is 11.5 Å². The maximum absolute atomic E-state index is 12.3.